The lowest BCUT2D eigenvalue weighted by molar-refractivity contribution is -0.117. The molecule has 0 aliphatic carbocycles. The van der Waals surface area contributed by atoms with Crippen LogP contribution >= 0.6 is 0 Å². The lowest BCUT2D eigenvalue weighted by Gasteiger charge is -2.12. The Bertz CT molecular complexity index is 497. The molecule has 0 saturated carbocycles. The number of hydrogen-bond donors (Lipinski definition) is 3. The number of anilines is 2. The van der Waals surface area contributed by atoms with Gasteiger partial charge in [-0.1, -0.05) is 6.08 Å². The van der Waals surface area contributed by atoms with Gasteiger partial charge in [0.15, 0.2) is 0 Å². The molecule has 0 aliphatic heterocycles. The second-order valence-corrected chi connectivity index (χ2v) is 4.33. The van der Waals surface area contributed by atoms with Crippen LogP contribution < -0.4 is 16.4 Å². The van der Waals surface area contributed by atoms with Gasteiger partial charge in [-0.2, -0.15) is 0 Å². The highest BCUT2D eigenvalue weighted by atomic mass is 16.2. The molecule has 1 atom stereocenters. The van der Waals surface area contributed by atoms with Crippen LogP contribution in [-0.4, -0.2) is 17.9 Å². The zero-order valence-electron chi connectivity index (χ0n) is 11.2. The summed E-state index contributed by atoms with van der Waals surface area (Å²) in [7, 11) is 0. The Morgan fingerprint density at radius 2 is 2.11 bits per heavy atom. The molecule has 1 aromatic carbocycles. The average Bonchev–Trinajstić information content (AvgIpc) is 2.32. The number of nitrogens with two attached hydrogens (primary N) is 1. The van der Waals surface area contributed by atoms with Crippen LogP contribution in [0, 0.1) is 6.92 Å². The quantitative estimate of drug-likeness (QED) is 0.706. The molecule has 0 aromatic heterocycles. The first kappa shape index (κ1) is 14.9. The lowest BCUT2D eigenvalue weighted by Crippen LogP contribution is -2.35. The van der Waals surface area contributed by atoms with Crippen LogP contribution in [0.4, 0.5) is 11.4 Å². The molecule has 0 fully saturated rings. The van der Waals surface area contributed by atoms with E-state index >= 15 is 0 Å². The van der Waals surface area contributed by atoms with Crippen molar-refractivity contribution in [2.24, 2.45) is 5.73 Å². The van der Waals surface area contributed by atoms with Crippen molar-refractivity contribution < 1.29 is 9.59 Å². The van der Waals surface area contributed by atoms with Crippen LogP contribution in [0.25, 0.3) is 0 Å². The summed E-state index contributed by atoms with van der Waals surface area (Å²) < 4.78 is 0. The summed E-state index contributed by atoms with van der Waals surface area (Å²) in [5, 5.41) is 5.43. The average molecular weight is 261 g/mol. The van der Waals surface area contributed by atoms with Crippen molar-refractivity contribution in [3.05, 3.63) is 36.4 Å². The smallest absolute Gasteiger partial charge is 0.241 e. The van der Waals surface area contributed by atoms with E-state index in [1.54, 1.807) is 24.3 Å². The van der Waals surface area contributed by atoms with Gasteiger partial charge in [0.25, 0.3) is 0 Å². The van der Waals surface area contributed by atoms with Gasteiger partial charge >= 0.3 is 0 Å². The molecule has 4 N–H and O–H groups in total. The first-order chi connectivity index (χ1) is 8.93. The molecule has 5 heteroatoms. The van der Waals surface area contributed by atoms with Crippen molar-refractivity contribution in [2.75, 3.05) is 10.6 Å². The predicted octanol–water partition coefficient (Wildman–Crippen LogP) is 1.80. The molecule has 0 spiro atoms. The van der Waals surface area contributed by atoms with Crippen molar-refractivity contribution >= 4 is 23.2 Å². The third kappa shape index (κ3) is 4.56. The third-order valence-corrected chi connectivity index (χ3v) is 2.56. The second-order valence-electron chi connectivity index (χ2n) is 4.33. The zero-order chi connectivity index (χ0) is 14.4. The van der Waals surface area contributed by atoms with Crippen molar-refractivity contribution in [1.82, 2.24) is 0 Å². The molecule has 1 aromatic rings. The second kappa shape index (κ2) is 6.70. The van der Waals surface area contributed by atoms with E-state index < -0.39 is 6.04 Å². The van der Waals surface area contributed by atoms with Crippen LogP contribution in [0.1, 0.15) is 18.9 Å². The number of hydrogen-bond acceptors (Lipinski definition) is 3. The predicted molar refractivity (Wildman–Crippen MR) is 76.9 cm³/mol. The summed E-state index contributed by atoms with van der Waals surface area (Å²) in [4.78, 5) is 22.7. The molecule has 1 unspecified atom stereocenters. The van der Waals surface area contributed by atoms with Gasteiger partial charge in [-0.05, 0) is 37.1 Å². The zero-order valence-corrected chi connectivity index (χ0v) is 11.2. The topological polar surface area (TPSA) is 84.2 Å². The summed E-state index contributed by atoms with van der Waals surface area (Å²) in [5.74, 6) is -0.389. The normalized spacial score (nSPS) is 11.5. The van der Waals surface area contributed by atoms with Crippen LogP contribution in [0.2, 0.25) is 0 Å². The van der Waals surface area contributed by atoms with Crippen molar-refractivity contribution in [3.63, 3.8) is 0 Å². The fraction of sp³-hybridized carbons (Fsp3) is 0.286. The Hall–Kier alpha value is -2.14. The summed E-state index contributed by atoms with van der Waals surface area (Å²) >= 11 is 0. The monoisotopic (exact) mass is 261 g/mol. The molecule has 0 bridgehead atoms. The number of amides is 2. The highest BCUT2D eigenvalue weighted by Crippen LogP contribution is 2.19. The molecular formula is C14H19N3O2. The maximum atomic E-state index is 11.7. The van der Waals surface area contributed by atoms with Crippen molar-refractivity contribution in [1.29, 1.82) is 0 Å². The van der Waals surface area contributed by atoms with Crippen molar-refractivity contribution in [2.45, 2.75) is 26.3 Å². The fourth-order valence-corrected chi connectivity index (χ4v) is 1.59. The van der Waals surface area contributed by atoms with Crippen molar-refractivity contribution in [3.8, 4) is 0 Å². The summed E-state index contributed by atoms with van der Waals surface area (Å²) in [6.45, 7) is 6.84. The van der Waals surface area contributed by atoms with Gasteiger partial charge < -0.3 is 16.4 Å². The SMILES string of the molecule is C=CCC(N)C(=O)Nc1ccc(NC(C)=O)c(C)c1. The minimum Gasteiger partial charge on any atom is -0.326 e. The minimum atomic E-state index is -0.604. The van der Waals surface area contributed by atoms with E-state index in [1.807, 2.05) is 6.92 Å². The van der Waals surface area contributed by atoms with E-state index in [4.69, 9.17) is 5.73 Å². The summed E-state index contributed by atoms with van der Waals surface area (Å²) in [6, 6.07) is 4.64. The van der Waals surface area contributed by atoms with Crippen LogP contribution in [0.3, 0.4) is 0 Å². The maximum absolute atomic E-state index is 11.7. The Labute approximate surface area is 112 Å². The van der Waals surface area contributed by atoms with E-state index in [0.717, 1.165) is 11.3 Å². The maximum Gasteiger partial charge on any atom is 0.241 e. The van der Waals surface area contributed by atoms with Gasteiger partial charge in [0, 0.05) is 18.3 Å². The molecule has 0 radical (unpaired) electrons. The van der Waals surface area contributed by atoms with Gasteiger partial charge in [-0.25, -0.2) is 0 Å². The number of carbonyl (C=O) groups is 2. The number of rotatable bonds is 5. The van der Waals surface area contributed by atoms with E-state index in [2.05, 4.69) is 17.2 Å². The number of benzene rings is 1. The highest BCUT2D eigenvalue weighted by Gasteiger charge is 2.12. The molecule has 1 rings (SSSR count). The third-order valence-electron chi connectivity index (χ3n) is 2.56. The Balaban J connectivity index is 2.75. The Morgan fingerprint density at radius 1 is 1.42 bits per heavy atom. The summed E-state index contributed by atoms with van der Waals surface area (Å²) in [5.41, 5.74) is 7.91. The molecule has 0 aliphatic rings. The Kier molecular flexibility index (Phi) is 5.26. The first-order valence-corrected chi connectivity index (χ1v) is 5.99. The van der Waals surface area contributed by atoms with Gasteiger partial charge in [-0.15, -0.1) is 6.58 Å². The highest BCUT2D eigenvalue weighted by molar-refractivity contribution is 5.95. The van der Waals surface area contributed by atoms with Gasteiger partial charge in [0.1, 0.15) is 0 Å². The molecule has 0 saturated heterocycles. The largest absolute Gasteiger partial charge is 0.326 e. The first-order valence-electron chi connectivity index (χ1n) is 5.99. The van der Waals surface area contributed by atoms with E-state index in [9.17, 15) is 9.59 Å². The van der Waals surface area contributed by atoms with E-state index in [0.29, 0.717) is 12.1 Å². The minimum absolute atomic E-state index is 0.132. The van der Waals surface area contributed by atoms with Crippen LogP contribution in [0.5, 0.6) is 0 Å². The molecule has 2 amide bonds. The van der Waals surface area contributed by atoms with Gasteiger partial charge in [0.2, 0.25) is 11.8 Å². The summed E-state index contributed by atoms with van der Waals surface area (Å²) in [6.07, 6.45) is 2.03. The lowest BCUT2D eigenvalue weighted by atomic mass is 10.1. The number of aryl methyl sites for hydroxylation is 1. The van der Waals surface area contributed by atoms with Crippen LogP contribution in [0.15, 0.2) is 30.9 Å². The molecule has 19 heavy (non-hydrogen) atoms. The standard InChI is InChI=1S/C14H19N3O2/c1-4-5-12(15)14(19)17-11-6-7-13(9(2)8-11)16-10(3)18/h4,6-8,12H,1,5,15H2,2-3H3,(H,16,18)(H,17,19). The molecule has 5 nitrogen and oxygen atoms in total. The number of carbonyl (C=O) groups excluding carboxylic acids is 2. The fourth-order valence-electron chi connectivity index (χ4n) is 1.59. The van der Waals surface area contributed by atoms with Gasteiger partial charge in [-0.3, -0.25) is 9.59 Å². The molecule has 0 heterocycles. The Morgan fingerprint density at radius 3 is 2.63 bits per heavy atom. The van der Waals surface area contributed by atoms with Gasteiger partial charge in [0.05, 0.1) is 6.04 Å². The van der Waals surface area contributed by atoms with Crippen LogP contribution in [-0.2, 0) is 9.59 Å². The van der Waals surface area contributed by atoms with E-state index in [-0.39, 0.29) is 11.8 Å². The van der Waals surface area contributed by atoms with E-state index in [1.165, 1.54) is 6.92 Å². The number of nitrogens with one attached hydrogen (secondary N) is 2. The molecule has 102 valence electrons. The molecular weight excluding hydrogens is 242 g/mol.